The fourth-order valence-electron chi connectivity index (χ4n) is 4.70. The SMILES string of the molecule is COc1cccc2c1O[C@@H](c1c(C(C)C)cc(O[Si])c(C(C)C)c1C(C)C)[C@@H](C)S2(=O)=O. The first kappa shape index (κ1) is 24.6. The minimum Gasteiger partial charge on any atom is -0.540 e. The predicted octanol–water partition coefficient (Wildman–Crippen LogP) is 5.82. The Hall–Kier alpha value is -1.99. The highest BCUT2D eigenvalue weighted by Gasteiger charge is 2.44. The minimum absolute atomic E-state index is 0.138. The monoisotopic (exact) mass is 473 g/mol. The van der Waals surface area contributed by atoms with Crippen molar-refractivity contribution in [2.24, 2.45) is 0 Å². The van der Waals surface area contributed by atoms with Crippen molar-refractivity contribution in [2.75, 3.05) is 7.11 Å². The largest absolute Gasteiger partial charge is 0.540 e. The van der Waals surface area contributed by atoms with E-state index >= 15 is 0 Å². The van der Waals surface area contributed by atoms with Gasteiger partial charge in [0.15, 0.2) is 21.3 Å². The fourth-order valence-corrected chi connectivity index (χ4v) is 6.47. The zero-order chi connectivity index (χ0) is 24.0. The van der Waals surface area contributed by atoms with Gasteiger partial charge in [-0.15, -0.1) is 0 Å². The lowest BCUT2D eigenvalue weighted by molar-refractivity contribution is 0.177. The van der Waals surface area contributed by atoms with Crippen LogP contribution in [0.3, 0.4) is 0 Å². The summed E-state index contributed by atoms with van der Waals surface area (Å²) in [5.41, 5.74) is 4.12. The zero-order valence-corrected chi connectivity index (χ0v) is 22.0. The smallest absolute Gasteiger partial charge is 0.341 e. The number of sulfone groups is 1. The van der Waals surface area contributed by atoms with Crippen molar-refractivity contribution in [2.45, 2.75) is 82.5 Å². The fraction of sp³-hybridized carbons (Fsp3) is 0.520. The van der Waals surface area contributed by atoms with Gasteiger partial charge in [0.25, 0.3) is 0 Å². The number of methoxy groups -OCH3 is 1. The van der Waals surface area contributed by atoms with Gasteiger partial charge in [0.1, 0.15) is 22.0 Å². The highest BCUT2D eigenvalue weighted by Crippen LogP contribution is 2.50. The van der Waals surface area contributed by atoms with Crippen molar-refractivity contribution in [3.05, 3.63) is 46.5 Å². The molecule has 3 rings (SSSR count). The molecular weight excluding hydrogens is 440 g/mol. The third kappa shape index (κ3) is 3.94. The number of ether oxygens (including phenoxy) is 2. The standard InChI is InChI=1S/C25H33O5SSi/c1-13(2)17-12-19(30-32)21(14(3)4)22(15(5)6)23(17)24-16(7)31(26,27)20-11-9-10-18(28-8)25(20)29-24/h9-16,24H,1-8H3/t16-,24-/m1/s1. The van der Waals surface area contributed by atoms with E-state index in [0.29, 0.717) is 5.75 Å². The molecule has 0 fully saturated rings. The van der Waals surface area contributed by atoms with Crippen molar-refractivity contribution in [3.63, 3.8) is 0 Å². The lowest BCUT2D eigenvalue weighted by Crippen LogP contribution is -2.36. The van der Waals surface area contributed by atoms with Gasteiger partial charge in [-0.2, -0.15) is 0 Å². The van der Waals surface area contributed by atoms with Gasteiger partial charge in [-0.3, -0.25) is 0 Å². The number of hydrogen-bond donors (Lipinski definition) is 0. The molecule has 2 aromatic carbocycles. The molecule has 1 aliphatic heterocycles. The summed E-state index contributed by atoms with van der Waals surface area (Å²) in [5, 5.41) is -0.757. The van der Waals surface area contributed by atoms with Crippen LogP contribution in [0, 0.1) is 0 Å². The molecule has 2 aromatic rings. The summed E-state index contributed by atoms with van der Waals surface area (Å²) in [5.74, 6) is 1.92. The van der Waals surface area contributed by atoms with Crippen molar-refractivity contribution < 1.29 is 22.3 Å². The number of para-hydroxylation sites is 1. The lowest BCUT2D eigenvalue weighted by Gasteiger charge is -2.37. The molecule has 0 aliphatic carbocycles. The van der Waals surface area contributed by atoms with Crippen LogP contribution in [0.5, 0.6) is 17.2 Å². The molecule has 1 heterocycles. The van der Waals surface area contributed by atoms with Crippen LogP contribution in [-0.2, 0) is 9.84 Å². The van der Waals surface area contributed by atoms with E-state index in [-0.39, 0.29) is 28.4 Å². The summed E-state index contributed by atoms with van der Waals surface area (Å²) in [7, 11) is 1.14. The molecule has 32 heavy (non-hydrogen) atoms. The molecule has 0 aromatic heterocycles. The van der Waals surface area contributed by atoms with Crippen LogP contribution < -0.4 is 13.9 Å². The maximum absolute atomic E-state index is 13.6. The highest BCUT2D eigenvalue weighted by molar-refractivity contribution is 7.92. The number of rotatable bonds is 6. The van der Waals surface area contributed by atoms with Crippen molar-refractivity contribution in [3.8, 4) is 17.2 Å². The Bertz CT molecular complexity index is 1110. The summed E-state index contributed by atoms with van der Waals surface area (Å²) >= 11 is 0. The molecule has 0 saturated carbocycles. The molecule has 0 spiro atoms. The molecular formula is C25H33O5SSi. The summed E-state index contributed by atoms with van der Waals surface area (Å²) < 4.78 is 44.8. The Morgan fingerprint density at radius 2 is 1.59 bits per heavy atom. The molecule has 0 bridgehead atoms. The minimum atomic E-state index is -3.63. The average Bonchev–Trinajstić information content (AvgIpc) is 2.74. The van der Waals surface area contributed by atoms with E-state index in [1.807, 2.05) is 6.07 Å². The first-order valence-corrected chi connectivity index (χ1v) is 13.0. The summed E-state index contributed by atoms with van der Waals surface area (Å²) in [4.78, 5) is 0.182. The zero-order valence-electron chi connectivity index (χ0n) is 20.1. The van der Waals surface area contributed by atoms with Gasteiger partial charge in [0.05, 0.1) is 7.11 Å². The van der Waals surface area contributed by atoms with E-state index in [4.69, 9.17) is 13.9 Å². The van der Waals surface area contributed by atoms with Gasteiger partial charge in [-0.05, 0) is 59.6 Å². The van der Waals surface area contributed by atoms with Crippen LogP contribution in [0.25, 0.3) is 0 Å². The molecule has 0 amide bonds. The maximum atomic E-state index is 13.6. The second-order valence-corrected chi connectivity index (χ2v) is 11.8. The second-order valence-electron chi connectivity index (χ2n) is 9.35. The van der Waals surface area contributed by atoms with Crippen molar-refractivity contribution >= 4 is 20.3 Å². The van der Waals surface area contributed by atoms with Crippen LogP contribution in [0.15, 0.2) is 29.2 Å². The summed E-state index contributed by atoms with van der Waals surface area (Å²) in [6.07, 6.45) is -0.667. The van der Waals surface area contributed by atoms with Crippen LogP contribution in [-0.4, -0.2) is 31.3 Å². The Labute approximate surface area is 195 Å². The van der Waals surface area contributed by atoms with Gasteiger partial charge < -0.3 is 13.9 Å². The molecule has 0 saturated heterocycles. The second kappa shape index (κ2) is 9.10. The molecule has 1 aliphatic rings. The Morgan fingerprint density at radius 1 is 0.969 bits per heavy atom. The van der Waals surface area contributed by atoms with E-state index in [1.165, 1.54) is 7.11 Å². The lowest BCUT2D eigenvalue weighted by atomic mass is 9.79. The first-order valence-electron chi connectivity index (χ1n) is 11.1. The molecule has 5 nitrogen and oxygen atoms in total. The first-order chi connectivity index (χ1) is 15.0. The van der Waals surface area contributed by atoms with E-state index in [1.54, 1.807) is 25.1 Å². The van der Waals surface area contributed by atoms with E-state index in [0.717, 1.165) is 28.0 Å². The molecule has 0 unspecified atom stereocenters. The Balaban J connectivity index is 2.42. The van der Waals surface area contributed by atoms with Crippen molar-refractivity contribution in [1.82, 2.24) is 0 Å². The van der Waals surface area contributed by atoms with Gasteiger partial charge in [0, 0.05) is 5.56 Å². The number of fused-ring (bicyclic) bond motifs is 1. The van der Waals surface area contributed by atoms with Gasteiger partial charge in [-0.25, -0.2) is 8.42 Å². The average molecular weight is 474 g/mol. The molecule has 2 atom stereocenters. The molecule has 0 N–H and O–H groups in total. The van der Waals surface area contributed by atoms with E-state index in [9.17, 15) is 8.42 Å². The van der Waals surface area contributed by atoms with Crippen LogP contribution in [0.2, 0.25) is 0 Å². The number of hydrogen-bond acceptors (Lipinski definition) is 5. The molecule has 7 heteroatoms. The third-order valence-corrected chi connectivity index (χ3v) is 8.62. The Kier molecular flexibility index (Phi) is 7.01. The normalized spacial score (nSPS) is 19.8. The van der Waals surface area contributed by atoms with E-state index in [2.05, 4.69) is 52.0 Å². The molecule has 173 valence electrons. The quantitative estimate of drug-likeness (QED) is 0.495. The van der Waals surface area contributed by atoms with Crippen LogP contribution in [0.1, 0.15) is 94.6 Å². The third-order valence-electron chi connectivity index (χ3n) is 6.24. The van der Waals surface area contributed by atoms with Crippen molar-refractivity contribution in [1.29, 1.82) is 0 Å². The molecule has 3 radical (unpaired) electrons. The van der Waals surface area contributed by atoms with Gasteiger partial charge >= 0.3 is 10.5 Å². The van der Waals surface area contributed by atoms with Gasteiger partial charge in [0.2, 0.25) is 0 Å². The van der Waals surface area contributed by atoms with Crippen LogP contribution >= 0.6 is 0 Å². The highest BCUT2D eigenvalue weighted by atomic mass is 32.2. The number of benzene rings is 2. The predicted molar refractivity (Wildman–Crippen MR) is 128 cm³/mol. The summed E-state index contributed by atoms with van der Waals surface area (Å²) in [6.45, 7) is 14.4. The van der Waals surface area contributed by atoms with E-state index < -0.39 is 21.2 Å². The summed E-state index contributed by atoms with van der Waals surface area (Å²) in [6, 6.07) is 7.03. The van der Waals surface area contributed by atoms with Gasteiger partial charge in [-0.1, -0.05) is 47.6 Å². The Morgan fingerprint density at radius 3 is 2.09 bits per heavy atom. The van der Waals surface area contributed by atoms with Crippen LogP contribution in [0.4, 0.5) is 0 Å². The maximum Gasteiger partial charge on any atom is 0.341 e. The topological polar surface area (TPSA) is 61.8 Å².